The molecule has 0 atom stereocenters. The minimum Gasteiger partial charge on any atom is -0.378 e. The van der Waals surface area contributed by atoms with Crippen LogP contribution in [0.5, 0.6) is 0 Å². The van der Waals surface area contributed by atoms with E-state index in [0.29, 0.717) is 23.1 Å². The molecule has 1 saturated heterocycles. The molecule has 1 aromatic carbocycles. The minimum absolute atomic E-state index is 0. The van der Waals surface area contributed by atoms with Crippen molar-refractivity contribution in [2.24, 2.45) is 4.99 Å². The van der Waals surface area contributed by atoms with Gasteiger partial charge in [0, 0.05) is 40.3 Å². The third-order valence-corrected chi connectivity index (χ3v) is 6.52. The Morgan fingerprint density at radius 3 is 2.46 bits per heavy atom. The molecule has 0 bridgehead atoms. The summed E-state index contributed by atoms with van der Waals surface area (Å²) in [5, 5.41) is 3.33. The normalized spacial score (nSPS) is 16.2. The van der Waals surface area contributed by atoms with Crippen LogP contribution in [0.25, 0.3) is 0 Å². The summed E-state index contributed by atoms with van der Waals surface area (Å²) in [6.45, 7) is 7.65. The summed E-state index contributed by atoms with van der Waals surface area (Å²) >= 11 is 0. The molecule has 0 radical (unpaired) electrons. The number of hydrogen-bond donors (Lipinski definition) is 1. The summed E-state index contributed by atoms with van der Waals surface area (Å²) in [6, 6.07) is 7.05. The number of nitrogens with one attached hydrogen (secondary N) is 1. The highest BCUT2D eigenvalue weighted by molar-refractivity contribution is 14.0. The maximum absolute atomic E-state index is 12.6. The Labute approximate surface area is 186 Å². The van der Waals surface area contributed by atoms with E-state index in [9.17, 15) is 8.42 Å². The van der Waals surface area contributed by atoms with Gasteiger partial charge in [0.25, 0.3) is 0 Å². The number of guanidine groups is 1. The molecule has 0 saturated carbocycles. The number of piperidine rings is 1. The molecule has 0 unspecified atom stereocenters. The van der Waals surface area contributed by atoms with E-state index in [1.807, 2.05) is 26.0 Å². The van der Waals surface area contributed by atoms with Gasteiger partial charge in [-0.15, -0.1) is 24.0 Å². The van der Waals surface area contributed by atoms with Gasteiger partial charge in [0.2, 0.25) is 10.0 Å². The molecule has 0 aromatic heterocycles. The summed E-state index contributed by atoms with van der Waals surface area (Å²) in [7, 11) is -0.405. The topological polar surface area (TPSA) is 74.2 Å². The van der Waals surface area contributed by atoms with E-state index in [2.05, 4.69) is 10.2 Å². The van der Waals surface area contributed by atoms with Crippen molar-refractivity contribution in [2.75, 3.05) is 40.3 Å². The van der Waals surface area contributed by atoms with Crippen molar-refractivity contribution < 1.29 is 13.2 Å². The zero-order valence-electron chi connectivity index (χ0n) is 17.2. The first-order valence-corrected chi connectivity index (χ1v) is 11.0. The first kappa shape index (κ1) is 25.1. The number of ether oxygens (including phenoxy) is 1. The molecule has 1 heterocycles. The fourth-order valence-electron chi connectivity index (χ4n) is 3.14. The Balaban J connectivity index is 0.00000392. The van der Waals surface area contributed by atoms with Crippen LogP contribution in [0.1, 0.15) is 32.3 Å². The van der Waals surface area contributed by atoms with Crippen LogP contribution in [-0.2, 0) is 21.3 Å². The third kappa shape index (κ3) is 6.57. The average molecular weight is 524 g/mol. The van der Waals surface area contributed by atoms with Crippen LogP contribution >= 0.6 is 24.0 Å². The summed E-state index contributed by atoms with van der Waals surface area (Å²) in [5.41, 5.74) is 0.700. The third-order valence-electron chi connectivity index (χ3n) is 4.61. The first-order chi connectivity index (χ1) is 12.9. The van der Waals surface area contributed by atoms with Crippen LogP contribution in [0.3, 0.4) is 0 Å². The van der Waals surface area contributed by atoms with E-state index in [-0.39, 0.29) is 24.0 Å². The highest BCUT2D eigenvalue weighted by atomic mass is 127. The van der Waals surface area contributed by atoms with Crippen molar-refractivity contribution in [3.8, 4) is 0 Å². The van der Waals surface area contributed by atoms with E-state index in [0.717, 1.165) is 45.0 Å². The smallest absolute Gasteiger partial charge is 0.242 e. The van der Waals surface area contributed by atoms with Gasteiger partial charge in [-0.25, -0.2) is 17.7 Å². The number of nitrogens with zero attached hydrogens (tertiary/aromatic N) is 3. The number of sulfonamides is 1. The second-order valence-electron chi connectivity index (χ2n) is 6.71. The van der Waals surface area contributed by atoms with E-state index in [1.165, 1.54) is 4.31 Å². The van der Waals surface area contributed by atoms with Crippen molar-refractivity contribution in [1.82, 2.24) is 14.5 Å². The largest absolute Gasteiger partial charge is 0.378 e. The summed E-state index contributed by atoms with van der Waals surface area (Å²) in [4.78, 5) is 7.25. The van der Waals surface area contributed by atoms with E-state index in [4.69, 9.17) is 9.73 Å². The van der Waals surface area contributed by atoms with Crippen molar-refractivity contribution in [3.05, 3.63) is 29.8 Å². The molecule has 1 aromatic rings. The Hall–Kier alpha value is -0.910. The summed E-state index contributed by atoms with van der Waals surface area (Å²) in [5.74, 6) is 0.824. The lowest BCUT2D eigenvalue weighted by molar-refractivity contribution is 0.0263. The van der Waals surface area contributed by atoms with Gasteiger partial charge >= 0.3 is 0 Å². The van der Waals surface area contributed by atoms with Crippen molar-refractivity contribution in [1.29, 1.82) is 0 Å². The van der Waals surface area contributed by atoms with Crippen molar-refractivity contribution in [2.45, 2.75) is 44.2 Å². The molecule has 28 heavy (non-hydrogen) atoms. The Bertz CT molecular complexity index is 732. The van der Waals surface area contributed by atoms with Gasteiger partial charge in [-0.3, -0.25) is 0 Å². The van der Waals surface area contributed by atoms with Gasteiger partial charge in [-0.1, -0.05) is 18.2 Å². The molecule has 160 valence electrons. The molecule has 9 heteroatoms. The molecule has 2 rings (SSSR count). The molecule has 0 amide bonds. The zero-order valence-corrected chi connectivity index (χ0v) is 20.4. The number of rotatable bonds is 7. The molecule has 0 aliphatic carbocycles. The zero-order chi connectivity index (χ0) is 19.9. The number of hydrogen-bond acceptors (Lipinski definition) is 4. The molecule has 1 aliphatic rings. The number of likely N-dealkylation sites (tertiary alicyclic amines) is 1. The first-order valence-electron chi connectivity index (χ1n) is 9.55. The molecular weight excluding hydrogens is 491 g/mol. The van der Waals surface area contributed by atoms with E-state index >= 15 is 0 Å². The van der Waals surface area contributed by atoms with E-state index in [1.54, 1.807) is 26.2 Å². The average Bonchev–Trinajstić information content (AvgIpc) is 2.66. The molecule has 1 aliphatic heterocycles. The van der Waals surface area contributed by atoms with Crippen LogP contribution in [0, 0.1) is 0 Å². The van der Waals surface area contributed by atoms with Gasteiger partial charge in [0.1, 0.15) is 0 Å². The Kier molecular flexibility index (Phi) is 10.7. The molecular formula is C19H33IN4O3S. The maximum Gasteiger partial charge on any atom is 0.242 e. The fourth-order valence-corrected chi connectivity index (χ4v) is 4.25. The summed E-state index contributed by atoms with van der Waals surface area (Å²) in [6.07, 6.45) is 2.27. The van der Waals surface area contributed by atoms with Gasteiger partial charge in [-0.2, -0.15) is 0 Å². The van der Waals surface area contributed by atoms with Crippen LogP contribution in [-0.4, -0.2) is 70.0 Å². The number of aliphatic imine (C=N–C) groups is 1. The summed E-state index contributed by atoms with van der Waals surface area (Å²) < 4.78 is 32.1. The minimum atomic E-state index is -3.49. The van der Waals surface area contributed by atoms with Crippen molar-refractivity contribution >= 4 is 40.0 Å². The lowest BCUT2D eigenvalue weighted by Gasteiger charge is -2.34. The van der Waals surface area contributed by atoms with Crippen molar-refractivity contribution in [3.63, 3.8) is 0 Å². The Morgan fingerprint density at radius 1 is 1.25 bits per heavy atom. The molecule has 1 N–H and O–H groups in total. The molecule has 1 fully saturated rings. The van der Waals surface area contributed by atoms with Crippen LogP contribution < -0.4 is 5.32 Å². The Morgan fingerprint density at radius 2 is 1.89 bits per heavy atom. The van der Waals surface area contributed by atoms with Gasteiger partial charge < -0.3 is 15.0 Å². The lowest BCUT2D eigenvalue weighted by Crippen LogP contribution is -2.47. The van der Waals surface area contributed by atoms with Gasteiger partial charge in [-0.05, 0) is 38.3 Å². The standard InChI is InChI=1S/C19H32N4O3S.HI/c1-5-20-19(23-13-11-17(12-14-23)26-6-2)21-15-16-9-7-8-10-18(16)27(24,25)22(3)4;/h7-10,17H,5-6,11-15H2,1-4H3,(H,20,21);1H. The van der Waals surface area contributed by atoms with Crippen LogP contribution in [0.4, 0.5) is 0 Å². The highest BCUT2D eigenvalue weighted by Crippen LogP contribution is 2.20. The van der Waals surface area contributed by atoms with Crippen LogP contribution in [0.2, 0.25) is 0 Å². The molecule has 7 nitrogen and oxygen atoms in total. The second-order valence-corrected chi connectivity index (χ2v) is 8.83. The molecule has 0 spiro atoms. The highest BCUT2D eigenvalue weighted by Gasteiger charge is 2.23. The lowest BCUT2D eigenvalue weighted by atomic mass is 10.1. The SMILES string of the molecule is CCNC(=NCc1ccccc1S(=O)(=O)N(C)C)N1CCC(OCC)CC1.I. The van der Waals surface area contributed by atoms with Gasteiger partial charge in [0.05, 0.1) is 17.5 Å². The van der Waals surface area contributed by atoms with Gasteiger partial charge in [0.15, 0.2) is 5.96 Å². The van der Waals surface area contributed by atoms with E-state index < -0.39 is 10.0 Å². The predicted molar refractivity (Wildman–Crippen MR) is 124 cm³/mol. The van der Waals surface area contributed by atoms with Crippen LogP contribution in [0.15, 0.2) is 34.2 Å². The fraction of sp³-hybridized carbons (Fsp3) is 0.632. The number of benzene rings is 1. The monoisotopic (exact) mass is 524 g/mol. The quantitative estimate of drug-likeness (QED) is 0.337. The predicted octanol–water partition coefficient (Wildman–Crippen LogP) is 2.52. The maximum atomic E-state index is 12.6. The second kappa shape index (κ2) is 11.9. The number of halogens is 1.